The molecule has 0 saturated carbocycles. The van der Waals surface area contributed by atoms with E-state index in [0.29, 0.717) is 10.2 Å². The summed E-state index contributed by atoms with van der Waals surface area (Å²) < 4.78 is 0.447. The van der Waals surface area contributed by atoms with Crippen molar-refractivity contribution in [2.24, 2.45) is 0 Å². The molecule has 6 heteroatoms. The number of carbonyl (C=O) groups excluding carboxylic acids is 1. The average molecular weight is 350 g/mol. The van der Waals surface area contributed by atoms with E-state index in [-0.39, 0.29) is 16.9 Å². The third-order valence-electron chi connectivity index (χ3n) is 2.86. The first kappa shape index (κ1) is 15.1. The summed E-state index contributed by atoms with van der Waals surface area (Å²) in [6.45, 7) is 1.81. The molecule has 2 aromatic rings. The molecule has 1 amide bonds. The minimum absolute atomic E-state index is 0.106. The number of aromatic carboxylic acids is 1. The normalized spacial score (nSPS) is 10.2. The molecule has 0 aromatic heterocycles. The van der Waals surface area contributed by atoms with Crippen LogP contribution in [0, 0.1) is 6.92 Å². The number of halogens is 1. The lowest BCUT2D eigenvalue weighted by Crippen LogP contribution is -2.13. The minimum Gasteiger partial charge on any atom is -0.507 e. The van der Waals surface area contributed by atoms with Crippen molar-refractivity contribution in [3.63, 3.8) is 0 Å². The zero-order chi connectivity index (χ0) is 15.6. The summed E-state index contributed by atoms with van der Waals surface area (Å²) in [5.74, 6) is -1.63. The predicted molar refractivity (Wildman–Crippen MR) is 81.9 cm³/mol. The van der Waals surface area contributed by atoms with Crippen molar-refractivity contribution in [1.82, 2.24) is 0 Å². The fourth-order valence-corrected chi connectivity index (χ4v) is 2.25. The average Bonchev–Trinajstić information content (AvgIpc) is 2.40. The maximum Gasteiger partial charge on any atom is 0.335 e. The number of amides is 1. The Labute approximate surface area is 129 Å². The third-order valence-corrected chi connectivity index (χ3v) is 3.52. The lowest BCUT2D eigenvalue weighted by Gasteiger charge is -2.09. The van der Waals surface area contributed by atoms with Gasteiger partial charge in [-0.05, 0) is 58.7 Å². The number of hydrogen-bond donors (Lipinski definition) is 3. The van der Waals surface area contributed by atoms with E-state index < -0.39 is 11.9 Å². The summed E-state index contributed by atoms with van der Waals surface area (Å²) >= 11 is 3.21. The number of phenols is 1. The topological polar surface area (TPSA) is 86.6 Å². The molecule has 0 atom stereocenters. The second-order valence-electron chi connectivity index (χ2n) is 4.47. The summed E-state index contributed by atoms with van der Waals surface area (Å²) in [4.78, 5) is 23.0. The molecule has 0 fully saturated rings. The minimum atomic E-state index is -1.05. The molecule has 108 valence electrons. The van der Waals surface area contributed by atoms with Gasteiger partial charge in [0.25, 0.3) is 5.91 Å². The van der Waals surface area contributed by atoms with Gasteiger partial charge in [-0.2, -0.15) is 0 Å². The lowest BCUT2D eigenvalue weighted by atomic mass is 10.1. The Kier molecular flexibility index (Phi) is 4.28. The van der Waals surface area contributed by atoms with Crippen molar-refractivity contribution in [2.45, 2.75) is 6.92 Å². The quantitative estimate of drug-likeness (QED) is 0.792. The molecule has 0 heterocycles. The van der Waals surface area contributed by atoms with Crippen LogP contribution in [0.3, 0.4) is 0 Å². The third kappa shape index (κ3) is 3.41. The van der Waals surface area contributed by atoms with Crippen LogP contribution < -0.4 is 5.32 Å². The summed E-state index contributed by atoms with van der Waals surface area (Å²) in [6.07, 6.45) is 0. The molecule has 0 aliphatic carbocycles. The zero-order valence-electron chi connectivity index (χ0n) is 11.1. The van der Waals surface area contributed by atoms with Crippen molar-refractivity contribution in [2.75, 3.05) is 5.32 Å². The molecule has 0 aliphatic heterocycles. The number of phenolic OH excluding ortho intramolecular Hbond substituents is 1. The molecule has 0 unspecified atom stereocenters. The number of benzene rings is 2. The Balaban J connectivity index is 2.25. The Morgan fingerprint density at radius 1 is 1.14 bits per heavy atom. The Hall–Kier alpha value is -2.34. The van der Waals surface area contributed by atoms with Gasteiger partial charge in [0.05, 0.1) is 16.8 Å². The van der Waals surface area contributed by atoms with E-state index in [9.17, 15) is 14.7 Å². The highest BCUT2D eigenvalue weighted by Gasteiger charge is 2.13. The van der Waals surface area contributed by atoms with Crippen molar-refractivity contribution < 1.29 is 19.8 Å². The summed E-state index contributed by atoms with van der Waals surface area (Å²) in [5, 5.41) is 21.3. The molecule has 0 spiro atoms. The predicted octanol–water partition coefficient (Wildman–Crippen LogP) is 3.41. The Morgan fingerprint density at radius 2 is 1.86 bits per heavy atom. The van der Waals surface area contributed by atoms with Crippen LogP contribution in [-0.2, 0) is 0 Å². The zero-order valence-corrected chi connectivity index (χ0v) is 12.6. The van der Waals surface area contributed by atoms with Gasteiger partial charge in [-0.1, -0.05) is 6.07 Å². The monoisotopic (exact) mass is 349 g/mol. The summed E-state index contributed by atoms with van der Waals surface area (Å²) in [6, 6.07) is 9.01. The number of hydrogen-bond acceptors (Lipinski definition) is 3. The van der Waals surface area contributed by atoms with Gasteiger partial charge >= 0.3 is 5.97 Å². The Bertz CT molecular complexity index is 728. The van der Waals surface area contributed by atoms with Crippen LogP contribution >= 0.6 is 15.9 Å². The molecule has 3 N–H and O–H groups in total. The highest BCUT2D eigenvalue weighted by atomic mass is 79.9. The maximum absolute atomic E-state index is 12.1. The van der Waals surface area contributed by atoms with Crippen LogP contribution in [0.15, 0.2) is 40.9 Å². The van der Waals surface area contributed by atoms with Crippen LogP contribution in [0.1, 0.15) is 26.3 Å². The number of nitrogens with one attached hydrogen (secondary N) is 1. The standard InChI is InChI=1S/C15H12BrNO4/c1-8-2-4-10(13(18)6-8)14(19)17-12-5-3-9(15(20)21)7-11(12)16/h2-7,18H,1H3,(H,17,19)(H,20,21). The van der Waals surface area contributed by atoms with Crippen LogP contribution in [0.4, 0.5) is 5.69 Å². The fourth-order valence-electron chi connectivity index (χ4n) is 1.77. The van der Waals surface area contributed by atoms with E-state index in [0.717, 1.165) is 5.56 Å². The van der Waals surface area contributed by atoms with Gasteiger partial charge < -0.3 is 15.5 Å². The molecule has 2 rings (SSSR count). The van der Waals surface area contributed by atoms with E-state index in [1.807, 2.05) is 6.92 Å². The van der Waals surface area contributed by atoms with E-state index in [1.54, 1.807) is 6.07 Å². The molecular formula is C15H12BrNO4. The number of carboxylic acids is 1. The maximum atomic E-state index is 12.1. The SMILES string of the molecule is Cc1ccc(C(=O)Nc2ccc(C(=O)O)cc2Br)c(O)c1. The van der Waals surface area contributed by atoms with Crippen LogP contribution in [0.2, 0.25) is 0 Å². The largest absolute Gasteiger partial charge is 0.507 e. The van der Waals surface area contributed by atoms with Gasteiger partial charge in [-0.25, -0.2) is 4.79 Å². The lowest BCUT2D eigenvalue weighted by molar-refractivity contribution is 0.0696. The number of aromatic hydroxyl groups is 1. The number of rotatable bonds is 3. The fraction of sp³-hybridized carbons (Fsp3) is 0.0667. The van der Waals surface area contributed by atoms with E-state index >= 15 is 0 Å². The highest BCUT2D eigenvalue weighted by Crippen LogP contribution is 2.26. The van der Waals surface area contributed by atoms with Crippen LogP contribution in [0.5, 0.6) is 5.75 Å². The second kappa shape index (κ2) is 5.97. The summed E-state index contributed by atoms with van der Waals surface area (Å²) in [5.41, 5.74) is 1.52. The van der Waals surface area contributed by atoms with Crippen molar-refractivity contribution in [3.8, 4) is 5.75 Å². The summed E-state index contributed by atoms with van der Waals surface area (Å²) in [7, 11) is 0. The number of carbonyl (C=O) groups is 2. The van der Waals surface area contributed by atoms with Crippen molar-refractivity contribution >= 4 is 33.5 Å². The van der Waals surface area contributed by atoms with Crippen molar-refractivity contribution in [3.05, 3.63) is 57.6 Å². The van der Waals surface area contributed by atoms with E-state index in [4.69, 9.17) is 5.11 Å². The van der Waals surface area contributed by atoms with Gasteiger partial charge in [0.2, 0.25) is 0 Å². The highest BCUT2D eigenvalue weighted by molar-refractivity contribution is 9.10. The molecule has 0 bridgehead atoms. The van der Waals surface area contributed by atoms with Gasteiger partial charge in [0.15, 0.2) is 0 Å². The van der Waals surface area contributed by atoms with E-state index in [2.05, 4.69) is 21.2 Å². The van der Waals surface area contributed by atoms with Crippen molar-refractivity contribution in [1.29, 1.82) is 0 Å². The van der Waals surface area contributed by atoms with Crippen LogP contribution in [0.25, 0.3) is 0 Å². The van der Waals surface area contributed by atoms with E-state index in [1.165, 1.54) is 30.3 Å². The molecule has 21 heavy (non-hydrogen) atoms. The first-order valence-corrected chi connectivity index (χ1v) is 6.81. The Morgan fingerprint density at radius 3 is 2.43 bits per heavy atom. The van der Waals surface area contributed by atoms with Gasteiger partial charge in [-0.3, -0.25) is 4.79 Å². The molecular weight excluding hydrogens is 338 g/mol. The molecule has 0 radical (unpaired) electrons. The first-order valence-electron chi connectivity index (χ1n) is 6.02. The van der Waals surface area contributed by atoms with Gasteiger partial charge in [0, 0.05) is 4.47 Å². The molecule has 2 aromatic carbocycles. The molecule has 0 saturated heterocycles. The molecule has 5 nitrogen and oxygen atoms in total. The molecule has 0 aliphatic rings. The first-order chi connectivity index (χ1) is 9.88. The number of aryl methyl sites for hydroxylation is 1. The number of anilines is 1. The van der Waals surface area contributed by atoms with Gasteiger partial charge in [0.1, 0.15) is 5.75 Å². The smallest absolute Gasteiger partial charge is 0.335 e. The second-order valence-corrected chi connectivity index (χ2v) is 5.33. The van der Waals surface area contributed by atoms with Gasteiger partial charge in [-0.15, -0.1) is 0 Å². The van der Waals surface area contributed by atoms with Crippen LogP contribution in [-0.4, -0.2) is 22.1 Å². The number of carboxylic acid groups (broad SMARTS) is 1.